The number of hydrogen-bond acceptors (Lipinski definition) is 11. The van der Waals surface area contributed by atoms with E-state index in [1.165, 1.54) is 103 Å². The van der Waals surface area contributed by atoms with Crippen molar-refractivity contribution in [2.24, 2.45) is 4.36 Å². The lowest BCUT2D eigenvalue weighted by atomic mass is 9.99. The van der Waals surface area contributed by atoms with Crippen molar-refractivity contribution >= 4 is 9.73 Å². The third-order valence-corrected chi connectivity index (χ3v) is 12.3. The van der Waals surface area contributed by atoms with Gasteiger partial charge in [-0.05, 0) is 25.8 Å². The van der Waals surface area contributed by atoms with Crippen molar-refractivity contribution in [2.75, 3.05) is 58.1 Å². The van der Waals surface area contributed by atoms with Crippen LogP contribution in [0.2, 0.25) is 0 Å². The summed E-state index contributed by atoms with van der Waals surface area (Å²) in [5, 5.41) is 51.5. The van der Waals surface area contributed by atoms with Crippen molar-refractivity contribution in [3.63, 3.8) is 0 Å². The van der Waals surface area contributed by atoms with Gasteiger partial charge >= 0.3 is 0 Å². The Morgan fingerprint density at radius 3 is 1.80 bits per heavy atom. The van der Waals surface area contributed by atoms with E-state index >= 15 is 0 Å². The highest BCUT2D eigenvalue weighted by atomic mass is 32.2. The molecule has 0 aliphatic carbocycles. The predicted octanol–water partition coefficient (Wildman–Crippen LogP) is 5.56. The fourth-order valence-corrected chi connectivity index (χ4v) is 8.72. The molecule has 8 atom stereocenters. The van der Waals surface area contributed by atoms with E-state index in [1.54, 1.807) is 6.26 Å². The van der Waals surface area contributed by atoms with Crippen LogP contribution in [0.25, 0.3) is 0 Å². The summed E-state index contributed by atoms with van der Waals surface area (Å²) >= 11 is 0. The molecule has 0 aromatic rings. The first-order chi connectivity index (χ1) is 24.7. The highest BCUT2D eigenvalue weighted by Crippen LogP contribution is 2.24. The molecule has 0 aromatic carbocycles. The lowest BCUT2D eigenvalue weighted by Gasteiger charge is -2.40. The second-order valence-electron chi connectivity index (χ2n) is 15.2. The summed E-state index contributed by atoms with van der Waals surface area (Å²) in [4.78, 5) is 2.49. The molecule has 12 heteroatoms. The molecule has 0 amide bonds. The molecule has 2 saturated heterocycles. The van der Waals surface area contributed by atoms with Crippen LogP contribution in [0.3, 0.4) is 0 Å². The molecule has 51 heavy (non-hydrogen) atoms. The van der Waals surface area contributed by atoms with Gasteiger partial charge in [-0.1, -0.05) is 129 Å². The number of hydrogen-bond donors (Lipinski definition) is 5. The zero-order chi connectivity index (χ0) is 37.2. The number of ether oxygens (including phenoxy) is 3. The SMILES string of the molecule is CCCCCCCCCCCCCCC[C@@H](O)[C@H](COC1OC(CO)C(O)C(O)C1O)N=S(C)(=O)CCCCCCCCCCN1CCOCC1. The van der Waals surface area contributed by atoms with Crippen molar-refractivity contribution < 1.29 is 44.0 Å². The smallest absolute Gasteiger partial charge is 0.186 e. The Balaban J connectivity index is 1.75. The minimum Gasteiger partial charge on any atom is -0.394 e. The molecular weight excluding hydrogens is 673 g/mol. The Hall–Kier alpha value is -0.410. The van der Waals surface area contributed by atoms with E-state index in [0.29, 0.717) is 12.2 Å². The molecule has 0 spiro atoms. The molecule has 0 saturated carbocycles. The summed E-state index contributed by atoms with van der Waals surface area (Å²) in [5.41, 5.74) is 0. The van der Waals surface area contributed by atoms with Crippen molar-refractivity contribution in [2.45, 2.75) is 191 Å². The van der Waals surface area contributed by atoms with E-state index in [9.17, 15) is 29.7 Å². The van der Waals surface area contributed by atoms with E-state index in [2.05, 4.69) is 16.2 Å². The van der Waals surface area contributed by atoms with Gasteiger partial charge < -0.3 is 39.7 Å². The molecule has 0 radical (unpaired) electrons. The van der Waals surface area contributed by atoms with Gasteiger partial charge in [-0.25, -0.2) is 4.36 Å². The van der Waals surface area contributed by atoms with Gasteiger partial charge in [-0.3, -0.25) is 9.11 Å². The van der Waals surface area contributed by atoms with Gasteiger partial charge in [0.05, 0.1) is 32.5 Å². The molecule has 0 aromatic heterocycles. The van der Waals surface area contributed by atoms with Crippen molar-refractivity contribution in [3.8, 4) is 0 Å². The predicted molar refractivity (Wildman–Crippen MR) is 205 cm³/mol. The van der Waals surface area contributed by atoms with Crippen molar-refractivity contribution in [3.05, 3.63) is 0 Å². The van der Waals surface area contributed by atoms with E-state index in [1.807, 2.05) is 0 Å². The van der Waals surface area contributed by atoms with Gasteiger partial charge in [-0.2, -0.15) is 0 Å². The van der Waals surface area contributed by atoms with Crippen LogP contribution in [0.5, 0.6) is 0 Å². The standard InChI is InChI=1S/C39H78N2O9S/c1-3-4-5-6-7-8-9-10-11-12-15-18-21-24-34(43)33(32-49-39-38(46)37(45)36(44)35(31-42)50-39)40-51(2,47)30-23-20-17-14-13-16-19-22-25-41-26-28-48-29-27-41/h33-39,42-46H,3-32H2,1-2H3/t33-,34+,35?,36?,37?,38?,39?,51?/m0/s1. The number of rotatable bonds is 31. The second-order valence-corrected chi connectivity index (χ2v) is 17.8. The molecular formula is C39H78N2O9S. The molecule has 304 valence electrons. The first-order valence-corrected chi connectivity index (χ1v) is 22.9. The summed E-state index contributed by atoms with van der Waals surface area (Å²) < 4.78 is 34.9. The maximum Gasteiger partial charge on any atom is 0.186 e. The van der Waals surface area contributed by atoms with Crippen LogP contribution in [0.1, 0.15) is 148 Å². The molecule has 2 aliphatic rings. The zero-order valence-corrected chi connectivity index (χ0v) is 33.2. The highest BCUT2D eigenvalue weighted by Gasteiger charge is 2.44. The lowest BCUT2D eigenvalue weighted by molar-refractivity contribution is -0.302. The van der Waals surface area contributed by atoms with Gasteiger partial charge in [0.1, 0.15) is 30.5 Å². The van der Waals surface area contributed by atoms with Crippen LogP contribution in [0.4, 0.5) is 0 Å². The minimum absolute atomic E-state index is 0.168. The topological polar surface area (TPSA) is 162 Å². The third-order valence-electron chi connectivity index (χ3n) is 10.5. The first-order valence-electron chi connectivity index (χ1n) is 20.8. The largest absolute Gasteiger partial charge is 0.394 e. The molecule has 2 aliphatic heterocycles. The monoisotopic (exact) mass is 751 g/mol. The van der Waals surface area contributed by atoms with Crippen LogP contribution < -0.4 is 0 Å². The molecule has 5 N–H and O–H groups in total. The number of nitrogens with zero attached hydrogens (tertiary/aromatic N) is 2. The average molecular weight is 751 g/mol. The van der Waals surface area contributed by atoms with Gasteiger partial charge in [0.15, 0.2) is 6.29 Å². The van der Waals surface area contributed by atoms with Crippen LogP contribution in [0.15, 0.2) is 4.36 Å². The minimum atomic E-state index is -2.61. The quantitative estimate of drug-likeness (QED) is 0.0568. The lowest BCUT2D eigenvalue weighted by Crippen LogP contribution is -2.59. The Kier molecular flexibility index (Phi) is 26.5. The summed E-state index contributed by atoms with van der Waals surface area (Å²) in [6.45, 7) is 6.51. The zero-order valence-electron chi connectivity index (χ0n) is 32.4. The summed E-state index contributed by atoms with van der Waals surface area (Å²) in [5.74, 6) is 0.439. The van der Waals surface area contributed by atoms with Crippen LogP contribution in [-0.2, 0) is 23.9 Å². The molecule has 2 fully saturated rings. The van der Waals surface area contributed by atoms with Gasteiger partial charge in [-0.15, -0.1) is 0 Å². The van der Waals surface area contributed by atoms with Gasteiger partial charge in [0.2, 0.25) is 0 Å². The van der Waals surface area contributed by atoms with Crippen molar-refractivity contribution in [1.82, 2.24) is 4.90 Å². The third kappa shape index (κ3) is 21.3. The average Bonchev–Trinajstić information content (AvgIpc) is 3.12. The van der Waals surface area contributed by atoms with Crippen molar-refractivity contribution in [1.29, 1.82) is 0 Å². The Morgan fingerprint density at radius 1 is 0.745 bits per heavy atom. The fourth-order valence-electron chi connectivity index (χ4n) is 7.10. The summed E-state index contributed by atoms with van der Waals surface area (Å²) in [6, 6.07) is -0.801. The number of aliphatic hydroxyl groups is 5. The molecule has 6 unspecified atom stereocenters. The van der Waals surface area contributed by atoms with Crippen LogP contribution in [-0.4, -0.2) is 136 Å². The first kappa shape index (κ1) is 46.7. The Labute approximate surface area is 311 Å². The number of morpholine rings is 1. The summed E-state index contributed by atoms with van der Waals surface area (Å²) in [6.07, 6.45) is 19.3. The fraction of sp³-hybridized carbons (Fsp3) is 1.00. The number of unbranched alkanes of at least 4 members (excludes halogenated alkanes) is 19. The molecule has 11 nitrogen and oxygen atoms in total. The van der Waals surface area contributed by atoms with Crippen LogP contribution >= 0.6 is 0 Å². The Bertz CT molecular complexity index is 946. The second kappa shape index (κ2) is 29.0. The maximum atomic E-state index is 13.6. The highest BCUT2D eigenvalue weighted by molar-refractivity contribution is 7.92. The number of aliphatic hydroxyl groups excluding tert-OH is 5. The van der Waals surface area contributed by atoms with Gasteiger partial charge in [0, 0.05) is 34.8 Å². The molecule has 2 heterocycles. The normalized spacial score (nSPS) is 25.4. The van der Waals surface area contributed by atoms with E-state index in [-0.39, 0.29) is 6.61 Å². The van der Waals surface area contributed by atoms with E-state index in [4.69, 9.17) is 14.2 Å². The van der Waals surface area contributed by atoms with Crippen LogP contribution in [0, 0.1) is 0 Å². The maximum absolute atomic E-state index is 13.6. The Morgan fingerprint density at radius 2 is 1.25 bits per heavy atom. The van der Waals surface area contributed by atoms with E-state index in [0.717, 1.165) is 64.8 Å². The molecule has 2 rings (SSSR count). The van der Waals surface area contributed by atoms with E-state index < -0.39 is 59.2 Å². The summed E-state index contributed by atoms with van der Waals surface area (Å²) in [7, 11) is -2.61. The molecule has 0 bridgehead atoms. The van der Waals surface area contributed by atoms with Gasteiger partial charge in [0.25, 0.3) is 0 Å².